The van der Waals surface area contributed by atoms with Crippen LogP contribution in [-0.4, -0.2) is 31.6 Å². The van der Waals surface area contributed by atoms with E-state index < -0.39 is 0 Å². The lowest BCUT2D eigenvalue weighted by Crippen LogP contribution is -2.90. The van der Waals surface area contributed by atoms with E-state index in [-0.39, 0.29) is 0 Å². The molecule has 0 aliphatic heterocycles. The van der Waals surface area contributed by atoms with Gasteiger partial charge in [-0.15, -0.1) is 11.8 Å². The average Bonchev–Trinajstić information content (AvgIpc) is 2.39. The van der Waals surface area contributed by atoms with Crippen LogP contribution in [0.15, 0.2) is 29.2 Å². The minimum absolute atomic E-state index is 0.706. The molecule has 0 fully saturated rings. The van der Waals surface area contributed by atoms with Crippen molar-refractivity contribution in [2.24, 2.45) is 0 Å². The fourth-order valence-electron chi connectivity index (χ4n) is 1.45. The van der Waals surface area contributed by atoms with E-state index >= 15 is 0 Å². The lowest BCUT2D eigenvalue weighted by atomic mass is 10.3. The zero-order valence-electron chi connectivity index (χ0n) is 11.2. The molecule has 18 heavy (non-hydrogen) atoms. The average molecular weight is 289 g/mol. The molecule has 0 aliphatic rings. The minimum Gasteiger partial charge on any atom is -0.375 e. The van der Waals surface area contributed by atoms with E-state index in [2.05, 4.69) is 19.2 Å². The van der Waals surface area contributed by atoms with Gasteiger partial charge in [-0.05, 0) is 37.6 Å². The largest absolute Gasteiger partial charge is 0.375 e. The van der Waals surface area contributed by atoms with Crippen LogP contribution in [0, 0.1) is 0 Å². The van der Waals surface area contributed by atoms with Gasteiger partial charge < -0.3 is 10.1 Å². The summed E-state index contributed by atoms with van der Waals surface area (Å²) in [6, 6.07) is 8.64. The first kappa shape index (κ1) is 15.8. The van der Waals surface area contributed by atoms with Crippen LogP contribution in [0.3, 0.4) is 0 Å². The predicted octanol–water partition coefficient (Wildman–Crippen LogP) is 2.81. The Hall–Kier alpha value is -0.220. The lowest BCUT2D eigenvalue weighted by Gasteiger charge is -2.08. The Labute approximate surface area is 119 Å². The van der Waals surface area contributed by atoms with Crippen molar-refractivity contribution in [2.75, 3.05) is 25.5 Å². The number of rotatable bonds is 9. The van der Waals surface area contributed by atoms with Gasteiger partial charge in [0.1, 0.15) is 0 Å². The lowest BCUT2D eigenvalue weighted by molar-refractivity contribution is -0.687. The highest BCUT2D eigenvalue weighted by Crippen LogP contribution is 2.19. The van der Waals surface area contributed by atoms with Gasteiger partial charge in [-0.1, -0.05) is 18.5 Å². The summed E-state index contributed by atoms with van der Waals surface area (Å²) in [5.41, 5.74) is 0. The Kier molecular flexibility index (Phi) is 8.51. The Morgan fingerprint density at radius 2 is 2.00 bits per heavy atom. The number of thioether (sulfide) groups is 1. The molecule has 0 heterocycles. The van der Waals surface area contributed by atoms with Crippen LogP contribution < -0.4 is 5.32 Å². The Morgan fingerprint density at radius 3 is 2.67 bits per heavy atom. The monoisotopic (exact) mass is 288 g/mol. The van der Waals surface area contributed by atoms with Crippen molar-refractivity contribution in [1.82, 2.24) is 0 Å². The molecular weight excluding hydrogens is 266 g/mol. The molecule has 0 unspecified atom stereocenters. The zero-order valence-corrected chi connectivity index (χ0v) is 12.8. The first-order chi connectivity index (χ1) is 8.72. The van der Waals surface area contributed by atoms with Crippen LogP contribution in [0.1, 0.15) is 20.3 Å². The van der Waals surface area contributed by atoms with Gasteiger partial charge in [0.2, 0.25) is 0 Å². The highest BCUT2D eigenvalue weighted by Gasteiger charge is 2.00. The van der Waals surface area contributed by atoms with Crippen molar-refractivity contribution in [1.29, 1.82) is 0 Å². The summed E-state index contributed by atoms with van der Waals surface area (Å²) in [5, 5.41) is 3.13. The summed E-state index contributed by atoms with van der Waals surface area (Å²) >= 11 is 7.63. The maximum atomic E-state index is 5.83. The topological polar surface area (TPSA) is 25.8 Å². The third kappa shape index (κ3) is 7.27. The molecule has 0 spiro atoms. The molecule has 2 nitrogen and oxygen atoms in total. The number of halogens is 1. The second kappa shape index (κ2) is 9.68. The number of quaternary nitrogens is 1. The molecule has 1 aromatic rings. The second-order valence-electron chi connectivity index (χ2n) is 4.32. The quantitative estimate of drug-likeness (QED) is 0.558. The summed E-state index contributed by atoms with van der Waals surface area (Å²) in [6.07, 6.45) is 1.21. The first-order valence-corrected chi connectivity index (χ1v) is 7.88. The first-order valence-electron chi connectivity index (χ1n) is 6.51. The fourth-order valence-corrected chi connectivity index (χ4v) is 2.35. The van der Waals surface area contributed by atoms with Crippen molar-refractivity contribution in [3.8, 4) is 0 Å². The van der Waals surface area contributed by atoms with Crippen molar-refractivity contribution in [3.63, 3.8) is 0 Å². The van der Waals surface area contributed by atoms with Crippen molar-refractivity contribution >= 4 is 23.4 Å². The van der Waals surface area contributed by atoms with E-state index in [4.69, 9.17) is 16.3 Å². The summed E-state index contributed by atoms with van der Waals surface area (Å²) in [5.74, 6) is 0.991. The van der Waals surface area contributed by atoms with Gasteiger partial charge in [0.25, 0.3) is 0 Å². The van der Waals surface area contributed by atoms with E-state index in [9.17, 15) is 0 Å². The molecule has 4 heteroatoms. The summed E-state index contributed by atoms with van der Waals surface area (Å²) in [6.45, 7) is 7.16. The van der Waals surface area contributed by atoms with Crippen molar-refractivity contribution in [2.45, 2.75) is 31.2 Å². The van der Waals surface area contributed by atoms with E-state index in [1.165, 1.54) is 11.3 Å². The third-order valence-corrected chi connectivity index (χ3v) is 4.01. The molecule has 0 amide bonds. The maximum Gasteiger partial charge on any atom is 0.0995 e. The van der Waals surface area contributed by atoms with E-state index in [0.29, 0.717) is 6.04 Å². The molecule has 102 valence electrons. The van der Waals surface area contributed by atoms with E-state index in [1.54, 1.807) is 11.8 Å². The molecule has 1 atom stereocenters. The Bertz CT molecular complexity index is 318. The molecule has 0 aliphatic carbocycles. The van der Waals surface area contributed by atoms with Crippen molar-refractivity contribution < 1.29 is 10.1 Å². The summed E-state index contributed by atoms with van der Waals surface area (Å²) in [7, 11) is 0. The van der Waals surface area contributed by atoms with Gasteiger partial charge in [0.05, 0.1) is 25.8 Å². The fraction of sp³-hybridized carbons (Fsp3) is 0.571. The number of nitrogens with two attached hydrogens (primary N) is 1. The minimum atomic E-state index is 0.706. The van der Waals surface area contributed by atoms with Gasteiger partial charge in [-0.25, -0.2) is 0 Å². The van der Waals surface area contributed by atoms with Gasteiger partial charge in [-0.2, -0.15) is 0 Å². The van der Waals surface area contributed by atoms with Gasteiger partial charge in [0.15, 0.2) is 0 Å². The zero-order chi connectivity index (χ0) is 13.2. The maximum absolute atomic E-state index is 5.83. The highest BCUT2D eigenvalue weighted by atomic mass is 35.5. The smallest absolute Gasteiger partial charge is 0.0995 e. The van der Waals surface area contributed by atoms with Crippen LogP contribution in [-0.2, 0) is 4.74 Å². The van der Waals surface area contributed by atoms with Crippen LogP contribution in [0.2, 0.25) is 5.02 Å². The third-order valence-electron chi connectivity index (χ3n) is 2.79. The molecule has 2 N–H and O–H groups in total. The van der Waals surface area contributed by atoms with E-state index in [1.807, 2.05) is 24.3 Å². The van der Waals surface area contributed by atoms with Crippen molar-refractivity contribution in [3.05, 3.63) is 29.3 Å². The van der Waals surface area contributed by atoms with E-state index in [0.717, 1.165) is 30.5 Å². The Balaban J connectivity index is 1.97. The molecule has 1 rings (SSSR count). The predicted molar refractivity (Wildman–Crippen MR) is 79.5 cm³/mol. The van der Waals surface area contributed by atoms with Crippen LogP contribution in [0.4, 0.5) is 0 Å². The highest BCUT2D eigenvalue weighted by molar-refractivity contribution is 7.99. The van der Waals surface area contributed by atoms with Crippen LogP contribution in [0.5, 0.6) is 0 Å². The number of benzene rings is 1. The molecule has 0 saturated carbocycles. The van der Waals surface area contributed by atoms with Crippen LogP contribution >= 0.6 is 23.4 Å². The summed E-state index contributed by atoms with van der Waals surface area (Å²) < 4.78 is 5.60. The number of hydrogen-bond acceptors (Lipinski definition) is 2. The van der Waals surface area contributed by atoms with Crippen LogP contribution in [0.25, 0.3) is 0 Å². The number of ether oxygens (including phenoxy) is 1. The second-order valence-corrected chi connectivity index (χ2v) is 5.93. The normalized spacial score (nSPS) is 12.6. The molecule has 0 aromatic heterocycles. The van der Waals surface area contributed by atoms with Gasteiger partial charge >= 0.3 is 0 Å². The molecular formula is C14H23ClNOS+. The molecule has 0 bridgehead atoms. The molecule has 1 aromatic carbocycles. The molecule has 0 saturated heterocycles. The Morgan fingerprint density at radius 1 is 1.28 bits per heavy atom. The van der Waals surface area contributed by atoms with Gasteiger partial charge in [-0.3, -0.25) is 0 Å². The number of hydrogen-bond donors (Lipinski definition) is 1. The summed E-state index contributed by atoms with van der Waals surface area (Å²) in [4.78, 5) is 1.24. The van der Waals surface area contributed by atoms with Gasteiger partial charge in [0, 0.05) is 15.7 Å². The molecule has 0 radical (unpaired) electrons. The standard InChI is InChI=1S/C14H22ClNOS/c1-3-12(2)16-8-9-17-10-11-18-14-6-4-13(15)5-7-14/h4-7,12,16H,3,8-11H2,1-2H3/p+1/t12-/m1/s1. The SMILES string of the molecule is CC[C@@H](C)[NH2+]CCOCCSc1ccc(Cl)cc1.